The Balaban J connectivity index is 2.13. The number of pyridine rings is 1. The lowest BCUT2D eigenvalue weighted by Gasteiger charge is -2.25. The van der Waals surface area contributed by atoms with Crippen LogP contribution in [0, 0.1) is 25.5 Å². The third-order valence-corrected chi connectivity index (χ3v) is 3.57. The zero-order valence-corrected chi connectivity index (χ0v) is 13.2. The Hall–Kier alpha value is -2.34. The number of rotatable bonds is 4. The molecule has 0 saturated carbocycles. The first-order valence-electron chi connectivity index (χ1n) is 7.11. The molecule has 1 atom stereocenters. The van der Waals surface area contributed by atoms with Crippen molar-refractivity contribution in [3.8, 4) is 0 Å². The molecular formula is C17H18F2N2O2. The summed E-state index contributed by atoms with van der Waals surface area (Å²) in [4.78, 5) is 16.4. The smallest absolute Gasteiger partial charge is 0.253 e. The van der Waals surface area contributed by atoms with E-state index in [2.05, 4.69) is 10.3 Å². The van der Waals surface area contributed by atoms with Crippen molar-refractivity contribution in [3.05, 3.63) is 64.5 Å². The summed E-state index contributed by atoms with van der Waals surface area (Å²) >= 11 is 0. The van der Waals surface area contributed by atoms with E-state index in [0.29, 0.717) is 17.3 Å². The number of hydrogen-bond acceptors (Lipinski definition) is 3. The summed E-state index contributed by atoms with van der Waals surface area (Å²) in [7, 11) is 0. The van der Waals surface area contributed by atoms with Crippen LogP contribution in [-0.4, -0.2) is 22.5 Å². The van der Waals surface area contributed by atoms with Crippen LogP contribution >= 0.6 is 0 Å². The summed E-state index contributed by atoms with van der Waals surface area (Å²) in [5, 5.41) is 12.9. The van der Waals surface area contributed by atoms with Crippen LogP contribution in [0.3, 0.4) is 0 Å². The molecule has 0 bridgehead atoms. The maximum Gasteiger partial charge on any atom is 0.253 e. The van der Waals surface area contributed by atoms with Crippen molar-refractivity contribution in [1.29, 1.82) is 0 Å². The number of benzene rings is 1. The molecule has 1 unspecified atom stereocenters. The van der Waals surface area contributed by atoms with Gasteiger partial charge in [0.05, 0.1) is 17.8 Å². The fourth-order valence-electron chi connectivity index (χ4n) is 2.30. The Morgan fingerprint density at radius 1 is 1.26 bits per heavy atom. The quantitative estimate of drug-likeness (QED) is 0.910. The molecule has 4 nitrogen and oxygen atoms in total. The lowest BCUT2D eigenvalue weighted by Crippen LogP contribution is -2.39. The van der Waals surface area contributed by atoms with Crippen molar-refractivity contribution in [3.63, 3.8) is 0 Å². The minimum atomic E-state index is -1.67. The Bertz CT molecular complexity index is 745. The van der Waals surface area contributed by atoms with E-state index < -0.39 is 23.1 Å². The SMILES string of the molecule is Cc1ccc(C(=O)NCC(C)(O)c2ccc(F)cc2F)c(C)n1. The molecule has 0 aliphatic rings. The van der Waals surface area contributed by atoms with E-state index >= 15 is 0 Å². The third-order valence-electron chi connectivity index (χ3n) is 3.57. The number of aliphatic hydroxyl groups is 1. The Morgan fingerprint density at radius 3 is 2.57 bits per heavy atom. The van der Waals surface area contributed by atoms with Gasteiger partial charge < -0.3 is 10.4 Å². The van der Waals surface area contributed by atoms with Crippen LogP contribution in [0.25, 0.3) is 0 Å². The predicted octanol–water partition coefficient (Wildman–Crippen LogP) is 2.61. The lowest BCUT2D eigenvalue weighted by molar-refractivity contribution is 0.0494. The summed E-state index contributed by atoms with van der Waals surface area (Å²) in [6, 6.07) is 6.26. The summed E-state index contributed by atoms with van der Waals surface area (Å²) < 4.78 is 26.7. The number of aryl methyl sites for hydroxylation is 2. The van der Waals surface area contributed by atoms with Crippen molar-refractivity contribution >= 4 is 5.91 Å². The second-order valence-electron chi connectivity index (χ2n) is 5.67. The van der Waals surface area contributed by atoms with Crippen LogP contribution in [-0.2, 0) is 5.60 Å². The van der Waals surface area contributed by atoms with Crippen molar-refractivity contribution in [1.82, 2.24) is 10.3 Å². The first kappa shape index (κ1) is 17.0. The topological polar surface area (TPSA) is 62.2 Å². The van der Waals surface area contributed by atoms with Crippen LogP contribution in [0.1, 0.15) is 34.2 Å². The van der Waals surface area contributed by atoms with Gasteiger partial charge in [0.1, 0.15) is 17.2 Å². The molecule has 1 heterocycles. The molecule has 0 aliphatic carbocycles. The molecule has 23 heavy (non-hydrogen) atoms. The molecule has 0 radical (unpaired) electrons. The summed E-state index contributed by atoms with van der Waals surface area (Å²) in [6.07, 6.45) is 0. The van der Waals surface area contributed by atoms with Gasteiger partial charge in [-0.05, 0) is 39.0 Å². The Kier molecular flexibility index (Phi) is 4.75. The summed E-state index contributed by atoms with van der Waals surface area (Å²) in [6.45, 7) is 4.65. The second-order valence-corrected chi connectivity index (χ2v) is 5.67. The molecule has 0 saturated heterocycles. The van der Waals surface area contributed by atoms with Crippen molar-refractivity contribution in [2.45, 2.75) is 26.4 Å². The molecule has 0 spiro atoms. The van der Waals surface area contributed by atoms with E-state index in [1.807, 2.05) is 6.92 Å². The average Bonchev–Trinajstić information content (AvgIpc) is 2.44. The third kappa shape index (κ3) is 3.90. The highest BCUT2D eigenvalue weighted by Gasteiger charge is 2.28. The van der Waals surface area contributed by atoms with Gasteiger partial charge in [0, 0.05) is 17.3 Å². The number of halogens is 2. The van der Waals surface area contributed by atoms with Crippen LogP contribution in [0.5, 0.6) is 0 Å². The van der Waals surface area contributed by atoms with E-state index in [0.717, 1.165) is 17.8 Å². The number of nitrogens with one attached hydrogen (secondary N) is 1. The molecule has 0 aliphatic heterocycles. The van der Waals surface area contributed by atoms with Crippen molar-refractivity contribution in [2.75, 3.05) is 6.54 Å². The maximum atomic E-state index is 13.8. The number of hydrogen-bond donors (Lipinski definition) is 2. The van der Waals surface area contributed by atoms with Crippen LogP contribution in [0.15, 0.2) is 30.3 Å². The van der Waals surface area contributed by atoms with Crippen LogP contribution < -0.4 is 5.32 Å². The second kappa shape index (κ2) is 6.42. The number of carbonyl (C=O) groups is 1. The van der Waals surface area contributed by atoms with Gasteiger partial charge in [0.25, 0.3) is 5.91 Å². The molecule has 2 N–H and O–H groups in total. The monoisotopic (exact) mass is 320 g/mol. The van der Waals surface area contributed by atoms with Gasteiger partial charge in [-0.1, -0.05) is 6.07 Å². The van der Waals surface area contributed by atoms with Crippen molar-refractivity contribution in [2.24, 2.45) is 0 Å². The maximum absolute atomic E-state index is 13.8. The van der Waals surface area contributed by atoms with Gasteiger partial charge in [-0.3, -0.25) is 9.78 Å². The molecule has 1 aromatic carbocycles. The standard InChI is InChI=1S/C17H18F2N2O2/c1-10-4-6-13(11(2)21-10)16(22)20-9-17(3,23)14-7-5-12(18)8-15(14)19/h4-8,23H,9H2,1-3H3,(H,20,22). The predicted molar refractivity (Wildman–Crippen MR) is 82.0 cm³/mol. The minimum Gasteiger partial charge on any atom is -0.383 e. The molecular weight excluding hydrogens is 302 g/mol. The Labute approximate surface area is 133 Å². The van der Waals surface area contributed by atoms with Gasteiger partial charge in [0.15, 0.2) is 0 Å². The zero-order valence-electron chi connectivity index (χ0n) is 13.2. The highest BCUT2D eigenvalue weighted by molar-refractivity contribution is 5.95. The van der Waals surface area contributed by atoms with Gasteiger partial charge in [-0.15, -0.1) is 0 Å². The largest absolute Gasteiger partial charge is 0.383 e. The number of aromatic nitrogens is 1. The van der Waals surface area contributed by atoms with Gasteiger partial charge in [-0.2, -0.15) is 0 Å². The molecule has 0 fully saturated rings. The first-order chi connectivity index (χ1) is 10.7. The summed E-state index contributed by atoms with van der Waals surface area (Å²) in [5.41, 5.74) is -0.0158. The fourth-order valence-corrected chi connectivity index (χ4v) is 2.30. The number of nitrogens with zero attached hydrogens (tertiary/aromatic N) is 1. The molecule has 122 valence electrons. The molecule has 6 heteroatoms. The first-order valence-corrected chi connectivity index (χ1v) is 7.11. The summed E-state index contributed by atoms with van der Waals surface area (Å²) in [5.74, 6) is -2.01. The lowest BCUT2D eigenvalue weighted by atomic mass is 9.95. The minimum absolute atomic E-state index is 0.0852. The van der Waals surface area contributed by atoms with E-state index in [1.165, 1.54) is 6.92 Å². The van der Waals surface area contributed by atoms with E-state index in [1.54, 1.807) is 19.1 Å². The number of amides is 1. The fraction of sp³-hybridized carbons (Fsp3) is 0.294. The van der Waals surface area contributed by atoms with Crippen molar-refractivity contribution < 1.29 is 18.7 Å². The molecule has 1 amide bonds. The van der Waals surface area contributed by atoms with Crippen LogP contribution in [0.2, 0.25) is 0 Å². The van der Waals surface area contributed by atoms with E-state index in [-0.39, 0.29) is 12.1 Å². The van der Waals surface area contributed by atoms with Gasteiger partial charge >= 0.3 is 0 Å². The normalized spacial score (nSPS) is 13.5. The highest BCUT2D eigenvalue weighted by atomic mass is 19.1. The Morgan fingerprint density at radius 2 is 1.96 bits per heavy atom. The zero-order chi connectivity index (χ0) is 17.2. The number of carbonyl (C=O) groups excluding carboxylic acids is 1. The van der Waals surface area contributed by atoms with Gasteiger partial charge in [-0.25, -0.2) is 8.78 Å². The average molecular weight is 320 g/mol. The van der Waals surface area contributed by atoms with E-state index in [4.69, 9.17) is 0 Å². The van der Waals surface area contributed by atoms with Gasteiger partial charge in [0.2, 0.25) is 0 Å². The molecule has 1 aromatic heterocycles. The molecule has 2 aromatic rings. The molecule has 2 rings (SSSR count). The van der Waals surface area contributed by atoms with E-state index in [9.17, 15) is 18.7 Å². The van der Waals surface area contributed by atoms with Crippen LogP contribution in [0.4, 0.5) is 8.78 Å². The highest BCUT2D eigenvalue weighted by Crippen LogP contribution is 2.23.